The highest BCUT2D eigenvalue weighted by Crippen LogP contribution is 2.29. The number of ether oxygens (including phenoxy) is 1. The van der Waals surface area contributed by atoms with Gasteiger partial charge in [-0.25, -0.2) is 0 Å². The highest BCUT2D eigenvalue weighted by atomic mass is 35.5. The van der Waals surface area contributed by atoms with E-state index in [2.05, 4.69) is 22.3 Å². The molecule has 0 unspecified atom stereocenters. The second kappa shape index (κ2) is 11.6. The van der Waals surface area contributed by atoms with Gasteiger partial charge < -0.3 is 9.64 Å². The molecule has 9 heteroatoms. The van der Waals surface area contributed by atoms with Gasteiger partial charge in [0.05, 0.1) is 27.9 Å². The Morgan fingerprint density at radius 3 is 2.50 bits per heavy atom. The summed E-state index contributed by atoms with van der Waals surface area (Å²) in [5, 5.41) is 10.7. The van der Waals surface area contributed by atoms with Gasteiger partial charge in [0, 0.05) is 31.7 Å². The average molecular weight is 519 g/mol. The van der Waals surface area contributed by atoms with Crippen molar-refractivity contribution in [2.24, 2.45) is 0 Å². The van der Waals surface area contributed by atoms with Gasteiger partial charge in [0.25, 0.3) is 0 Å². The largest absolute Gasteiger partial charge is 0.372 e. The maximum Gasteiger partial charge on any atom is 0.222 e. The number of rotatable bonds is 8. The topological polar surface area (TPSA) is 60.2 Å². The maximum atomic E-state index is 12.7. The van der Waals surface area contributed by atoms with Crippen molar-refractivity contribution < 1.29 is 9.53 Å². The van der Waals surface area contributed by atoms with Crippen molar-refractivity contribution >= 4 is 40.9 Å². The predicted molar refractivity (Wildman–Crippen MR) is 137 cm³/mol. The molecular formula is C25H28Cl2N4O2S. The Labute approximate surface area is 214 Å². The molecule has 1 fully saturated rings. The fourth-order valence-corrected chi connectivity index (χ4v) is 5.30. The zero-order valence-corrected chi connectivity index (χ0v) is 21.6. The Bertz CT molecular complexity index is 1120. The summed E-state index contributed by atoms with van der Waals surface area (Å²) in [4.78, 5) is 14.6. The first-order valence-corrected chi connectivity index (χ1v) is 13.1. The zero-order chi connectivity index (χ0) is 24.1. The van der Waals surface area contributed by atoms with Gasteiger partial charge in [0.2, 0.25) is 5.91 Å². The van der Waals surface area contributed by atoms with Crippen molar-refractivity contribution in [3.05, 3.63) is 70.0 Å². The molecule has 34 heavy (non-hydrogen) atoms. The third-order valence-electron chi connectivity index (χ3n) is 5.61. The number of halogens is 2. The molecule has 0 spiro atoms. The van der Waals surface area contributed by atoms with Gasteiger partial charge in [-0.15, -0.1) is 10.2 Å². The second-order valence-corrected chi connectivity index (χ2v) is 10.4. The number of amides is 1. The van der Waals surface area contributed by atoms with E-state index in [1.807, 2.05) is 53.6 Å². The molecule has 1 aromatic heterocycles. The molecule has 2 atom stereocenters. The van der Waals surface area contributed by atoms with Crippen molar-refractivity contribution in [2.75, 3.05) is 18.8 Å². The van der Waals surface area contributed by atoms with Crippen LogP contribution in [0.15, 0.2) is 53.7 Å². The summed E-state index contributed by atoms with van der Waals surface area (Å²) in [6.07, 6.45) is 2.06. The second-order valence-electron chi connectivity index (χ2n) is 8.50. The number of thioether (sulfide) groups is 1. The van der Waals surface area contributed by atoms with Gasteiger partial charge >= 0.3 is 0 Å². The summed E-state index contributed by atoms with van der Waals surface area (Å²) < 4.78 is 7.75. The lowest BCUT2D eigenvalue weighted by Gasteiger charge is -2.35. The lowest BCUT2D eigenvalue weighted by atomic mass is 10.1. The van der Waals surface area contributed by atoms with Crippen LogP contribution in [-0.2, 0) is 16.0 Å². The number of carbonyl (C=O) groups excluding carboxylic acids is 1. The number of nitrogens with zero attached hydrogens (tertiary/aromatic N) is 4. The van der Waals surface area contributed by atoms with Gasteiger partial charge in [0.1, 0.15) is 5.82 Å². The van der Waals surface area contributed by atoms with Crippen molar-refractivity contribution in [3.8, 4) is 5.69 Å². The van der Waals surface area contributed by atoms with Crippen LogP contribution in [0.1, 0.15) is 38.1 Å². The lowest BCUT2D eigenvalue weighted by Crippen LogP contribution is -2.48. The number of aromatic nitrogens is 3. The molecule has 180 valence electrons. The first kappa shape index (κ1) is 25.0. The van der Waals surface area contributed by atoms with E-state index in [1.54, 1.807) is 17.8 Å². The normalized spacial score (nSPS) is 18.3. The smallest absolute Gasteiger partial charge is 0.222 e. The molecule has 3 aromatic rings. The molecule has 1 aliphatic heterocycles. The average Bonchev–Trinajstić information content (AvgIpc) is 3.20. The number of carbonyl (C=O) groups is 1. The van der Waals surface area contributed by atoms with E-state index in [1.165, 1.54) is 0 Å². The van der Waals surface area contributed by atoms with Crippen LogP contribution in [0.2, 0.25) is 10.0 Å². The SMILES string of the molecule is C[C@H]1CN(C(=O)CCCSc2nnc(Cc3ccccc3)n2-c2ccc(Cl)c(Cl)c2)C[C@H](C)O1. The zero-order valence-electron chi connectivity index (χ0n) is 19.3. The van der Waals surface area contributed by atoms with Crippen LogP contribution in [0, 0.1) is 0 Å². The quantitative estimate of drug-likeness (QED) is 0.283. The molecule has 0 radical (unpaired) electrons. The molecular weight excluding hydrogens is 491 g/mol. The van der Waals surface area contributed by atoms with Crippen LogP contribution in [0.25, 0.3) is 5.69 Å². The van der Waals surface area contributed by atoms with Crippen LogP contribution in [-0.4, -0.2) is 56.6 Å². The third-order valence-corrected chi connectivity index (χ3v) is 7.36. The highest BCUT2D eigenvalue weighted by molar-refractivity contribution is 7.99. The molecule has 1 amide bonds. The van der Waals surface area contributed by atoms with E-state index in [4.69, 9.17) is 27.9 Å². The van der Waals surface area contributed by atoms with E-state index < -0.39 is 0 Å². The summed E-state index contributed by atoms with van der Waals surface area (Å²) in [7, 11) is 0. The van der Waals surface area contributed by atoms with Crippen LogP contribution >= 0.6 is 35.0 Å². The molecule has 0 N–H and O–H groups in total. The van der Waals surface area contributed by atoms with Crippen LogP contribution < -0.4 is 0 Å². The van der Waals surface area contributed by atoms with Gasteiger partial charge in [-0.2, -0.15) is 0 Å². The summed E-state index contributed by atoms with van der Waals surface area (Å²) in [6, 6.07) is 15.7. The fraction of sp³-hybridized carbons (Fsp3) is 0.400. The first-order chi connectivity index (χ1) is 16.4. The Kier molecular flexibility index (Phi) is 8.53. The van der Waals surface area contributed by atoms with E-state index in [0.29, 0.717) is 36.0 Å². The van der Waals surface area contributed by atoms with Crippen molar-refractivity contribution in [2.45, 2.75) is 50.5 Å². The standard InChI is InChI=1S/C25H28Cl2N4O2S/c1-17-15-30(16-18(2)33-17)24(32)9-6-12-34-25-29-28-23(13-19-7-4-3-5-8-19)31(25)20-10-11-21(26)22(27)14-20/h3-5,7-8,10-11,14,17-18H,6,9,12-13,15-16H2,1-2H3/t17-,18-/m0/s1. The Morgan fingerprint density at radius 2 is 1.79 bits per heavy atom. The summed E-state index contributed by atoms with van der Waals surface area (Å²) in [5.74, 6) is 1.75. The molecule has 0 bridgehead atoms. The summed E-state index contributed by atoms with van der Waals surface area (Å²) in [6.45, 7) is 5.33. The Morgan fingerprint density at radius 1 is 1.06 bits per heavy atom. The van der Waals surface area contributed by atoms with E-state index in [0.717, 1.165) is 34.4 Å². The lowest BCUT2D eigenvalue weighted by molar-refractivity contribution is -0.143. The maximum absolute atomic E-state index is 12.7. The molecule has 1 aliphatic rings. The van der Waals surface area contributed by atoms with E-state index in [-0.39, 0.29) is 18.1 Å². The van der Waals surface area contributed by atoms with Gasteiger partial charge in [-0.3, -0.25) is 9.36 Å². The van der Waals surface area contributed by atoms with Gasteiger partial charge in [-0.1, -0.05) is 65.3 Å². The van der Waals surface area contributed by atoms with Crippen LogP contribution in [0.3, 0.4) is 0 Å². The Balaban J connectivity index is 1.44. The molecule has 4 rings (SSSR count). The fourth-order valence-electron chi connectivity index (χ4n) is 4.10. The third kappa shape index (κ3) is 6.33. The van der Waals surface area contributed by atoms with Crippen molar-refractivity contribution in [3.63, 3.8) is 0 Å². The minimum Gasteiger partial charge on any atom is -0.372 e. The van der Waals surface area contributed by atoms with Crippen molar-refractivity contribution in [1.82, 2.24) is 19.7 Å². The number of morpholine rings is 1. The van der Waals surface area contributed by atoms with E-state index in [9.17, 15) is 4.79 Å². The number of hydrogen-bond acceptors (Lipinski definition) is 5. The minimum atomic E-state index is 0.0786. The van der Waals surface area contributed by atoms with Gasteiger partial charge in [-0.05, 0) is 44.0 Å². The van der Waals surface area contributed by atoms with Crippen molar-refractivity contribution in [1.29, 1.82) is 0 Å². The van der Waals surface area contributed by atoms with Crippen LogP contribution in [0.4, 0.5) is 0 Å². The molecule has 0 aliphatic carbocycles. The van der Waals surface area contributed by atoms with E-state index >= 15 is 0 Å². The molecule has 2 heterocycles. The first-order valence-electron chi connectivity index (χ1n) is 11.4. The molecule has 2 aromatic carbocycles. The summed E-state index contributed by atoms with van der Waals surface area (Å²) in [5.41, 5.74) is 2.01. The number of hydrogen-bond donors (Lipinski definition) is 0. The number of benzene rings is 2. The highest BCUT2D eigenvalue weighted by Gasteiger charge is 2.25. The van der Waals surface area contributed by atoms with Gasteiger partial charge in [0.15, 0.2) is 5.16 Å². The minimum absolute atomic E-state index is 0.0786. The Hall–Kier alpha value is -2.06. The molecule has 6 nitrogen and oxygen atoms in total. The monoisotopic (exact) mass is 518 g/mol. The van der Waals surface area contributed by atoms with Crippen LogP contribution in [0.5, 0.6) is 0 Å². The summed E-state index contributed by atoms with van der Waals surface area (Å²) >= 11 is 14.0. The molecule has 0 saturated carbocycles. The molecule has 1 saturated heterocycles. The predicted octanol–water partition coefficient (Wildman–Crippen LogP) is 5.67.